The standard InChI is InChI=1S/C38H24N6/c1-3-13-33-29(9-1)35-37(43(33)27-19-15-25(16-20-27)31-11-5-7-23-39-31)42-38-36(41-35)30-10-2-4-14-34(30)44(38)28-21-17-26(18-22-28)32-12-6-8-24-40-32/h1-24H. The summed E-state index contributed by atoms with van der Waals surface area (Å²) in [5.74, 6) is 0. The van der Waals surface area contributed by atoms with Gasteiger partial charge in [0.1, 0.15) is 11.0 Å². The Morgan fingerprint density at radius 2 is 0.818 bits per heavy atom. The Balaban J connectivity index is 1.29. The minimum atomic E-state index is 0.818. The SMILES string of the molecule is c1ccc(-c2ccc(-n3c4ccccc4c4nc5c6ccccc6n(-c6ccc(-c7ccccn7)cc6)c5nc43)cc2)nc1. The van der Waals surface area contributed by atoms with E-state index in [4.69, 9.17) is 9.97 Å². The minimum Gasteiger partial charge on any atom is -0.292 e. The van der Waals surface area contributed by atoms with Gasteiger partial charge in [0.25, 0.3) is 0 Å². The van der Waals surface area contributed by atoms with Crippen molar-refractivity contribution >= 4 is 44.1 Å². The van der Waals surface area contributed by atoms with Crippen LogP contribution in [0.2, 0.25) is 0 Å². The monoisotopic (exact) mass is 564 g/mol. The summed E-state index contributed by atoms with van der Waals surface area (Å²) in [7, 11) is 0. The molecule has 5 aromatic heterocycles. The maximum atomic E-state index is 5.40. The van der Waals surface area contributed by atoms with Crippen LogP contribution >= 0.6 is 0 Å². The average molecular weight is 565 g/mol. The molecule has 5 heterocycles. The predicted octanol–water partition coefficient (Wildman–Crippen LogP) is 8.79. The molecule has 0 aliphatic heterocycles. The first kappa shape index (κ1) is 24.5. The van der Waals surface area contributed by atoms with Crippen LogP contribution in [0.3, 0.4) is 0 Å². The number of hydrogen-bond acceptors (Lipinski definition) is 4. The Hall–Kier alpha value is -6.14. The zero-order valence-corrected chi connectivity index (χ0v) is 23.5. The molecule has 0 radical (unpaired) electrons. The van der Waals surface area contributed by atoms with E-state index in [9.17, 15) is 0 Å². The van der Waals surface area contributed by atoms with E-state index in [0.29, 0.717) is 0 Å². The quantitative estimate of drug-likeness (QED) is 0.214. The molecule has 0 spiro atoms. The lowest BCUT2D eigenvalue weighted by molar-refractivity contribution is 1.10. The van der Waals surface area contributed by atoms with Gasteiger partial charge in [-0.2, -0.15) is 0 Å². The van der Waals surface area contributed by atoms with E-state index in [-0.39, 0.29) is 0 Å². The van der Waals surface area contributed by atoms with Crippen LogP contribution in [0, 0.1) is 0 Å². The average Bonchev–Trinajstić information content (AvgIpc) is 3.60. The summed E-state index contributed by atoms with van der Waals surface area (Å²) >= 11 is 0. The van der Waals surface area contributed by atoms with Crippen molar-refractivity contribution in [2.45, 2.75) is 0 Å². The van der Waals surface area contributed by atoms with Gasteiger partial charge in [0.15, 0.2) is 11.3 Å². The van der Waals surface area contributed by atoms with Gasteiger partial charge in [-0.05, 0) is 60.7 Å². The summed E-state index contributed by atoms with van der Waals surface area (Å²) in [6.45, 7) is 0. The maximum Gasteiger partial charge on any atom is 0.166 e. The van der Waals surface area contributed by atoms with Gasteiger partial charge < -0.3 is 0 Å². The molecule has 6 heteroatoms. The summed E-state index contributed by atoms with van der Waals surface area (Å²) < 4.78 is 4.43. The molecule has 9 aromatic rings. The molecule has 4 aromatic carbocycles. The predicted molar refractivity (Wildman–Crippen MR) is 177 cm³/mol. The van der Waals surface area contributed by atoms with E-state index < -0.39 is 0 Å². The second kappa shape index (κ2) is 9.71. The Morgan fingerprint density at radius 1 is 0.386 bits per heavy atom. The van der Waals surface area contributed by atoms with Gasteiger partial charge in [0.2, 0.25) is 0 Å². The van der Waals surface area contributed by atoms with Crippen molar-refractivity contribution < 1.29 is 0 Å². The van der Waals surface area contributed by atoms with Crippen molar-refractivity contribution in [3.63, 3.8) is 0 Å². The Morgan fingerprint density at radius 3 is 1.25 bits per heavy atom. The van der Waals surface area contributed by atoms with Gasteiger partial charge >= 0.3 is 0 Å². The number of rotatable bonds is 4. The lowest BCUT2D eigenvalue weighted by Gasteiger charge is -2.10. The molecule has 0 bridgehead atoms. The van der Waals surface area contributed by atoms with Crippen molar-refractivity contribution in [3.8, 4) is 33.9 Å². The molecular formula is C38H24N6. The molecule has 0 atom stereocenters. The zero-order chi connectivity index (χ0) is 29.0. The van der Waals surface area contributed by atoms with Crippen molar-refractivity contribution in [2.75, 3.05) is 0 Å². The van der Waals surface area contributed by atoms with Crippen LogP contribution < -0.4 is 0 Å². The minimum absolute atomic E-state index is 0.818. The first-order valence-corrected chi connectivity index (χ1v) is 14.6. The van der Waals surface area contributed by atoms with E-state index in [0.717, 1.165) is 78.0 Å². The fraction of sp³-hybridized carbons (Fsp3) is 0. The van der Waals surface area contributed by atoms with Crippen LogP contribution in [0.25, 0.3) is 78.0 Å². The first-order valence-electron chi connectivity index (χ1n) is 14.6. The van der Waals surface area contributed by atoms with Crippen molar-refractivity contribution in [1.29, 1.82) is 0 Å². The van der Waals surface area contributed by atoms with Crippen molar-refractivity contribution in [2.24, 2.45) is 0 Å². The third-order valence-corrected chi connectivity index (χ3v) is 8.26. The second-order valence-corrected chi connectivity index (χ2v) is 10.8. The first-order chi connectivity index (χ1) is 21.8. The van der Waals surface area contributed by atoms with Gasteiger partial charge in [-0.15, -0.1) is 0 Å². The van der Waals surface area contributed by atoms with Crippen LogP contribution in [0.1, 0.15) is 0 Å². The van der Waals surface area contributed by atoms with Gasteiger partial charge in [-0.3, -0.25) is 19.1 Å². The van der Waals surface area contributed by atoms with Gasteiger partial charge in [-0.25, -0.2) is 9.97 Å². The largest absolute Gasteiger partial charge is 0.292 e. The number of para-hydroxylation sites is 2. The number of fused-ring (bicyclic) bond motifs is 6. The topological polar surface area (TPSA) is 61.4 Å². The molecule has 0 fully saturated rings. The molecule has 44 heavy (non-hydrogen) atoms. The third-order valence-electron chi connectivity index (χ3n) is 8.26. The van der Waals surface area contributed by atoms with Gasteiger partial charge in [-0.1, -0.05) is 72.8 Å². The Bertz CT molecular complexity index is 2290. The highest BCUT2D eigenvalue weighted by molar-refractivity contribution is 6.12. The van der Waals surface area contributed by atoms with E-state index in [2.05, 4.69) is 116 Å². The summed E-state index contributed by atoms with van der Waals surface area (Å²) in [4.78, 5) is 19.8. The molecule has 9 rings (SSSR count). The van der Waals surface area contributed by atoms with Crippen LogP contribution in [-0.2, 0) is 0 Å². The van der Waals surface area contributed by atoms with Crippen molar-refractivity contribution in [3.05, 3.63) is 146 Å². The van der Waals surface area contributed by atoms with Crippen LogP contribution in [-0.4, -0.2) is 29.1 Å². The fourth-order valence-electron chi connectivity index (χ4n) is 6.21. The molecular weight excluding hydrogens is 540 g/mol. The van der Waals surface area contributed by atoms with E-state index in [1.165, 1.54) is 0 Å². The lowest BCUT2D eigenvalue weighted by Crippen LogP contribution is -1.99. The second-order valence-electron chi connectivity index (χ2n) is 10.8. The van der Waals surface area contributed by atoms with E-state index in [1.807, 2.05) is 48.8 Å². The lowest BCUT2D eigenvalue weighted by atomic mass is 10.1. The number of pyridine rings is 2. The maximum absolute atomic E-state index is 5.40. The molecule has 6 nitrogen and oxygen atoms in total. The highest BCUT2D eigenvalue weighted by atomic mass is 15.1. The molecule has 0 saturated carbocycles. The molecule has 0 aliphatic carbocycles. The summed E-state index contributed by atoms with van der Waals surface area (Å²) in [6.07, 6.45) is 3.64. The highest BCUT2D eigenvalue weighted by Crippen LogP contribution is 2.36. The fourth-order valence-corrected chi connectivity index (χ4v) is 6.21. The molecule has 206 valence electrons. The summed E-state index contributed by atoms with van der Waals surface area (Å²) in [5.41, 5.74) is 11.6. The normalized spacial score (nSPS) is 11.6. The molecule has 0 N–H and O–H groups in total. The Kier molecular flexibility index (Phi) is 5.40. The highest BCUT2D eigenvalue weighted by Gasteiger charge is 2.21. The molecule has 0 aliphatic rings. The number of hydrogen-bond donors (Lipinski definition) is 0. The molecule has 0 unspecified atom stereocenters. The smallest absolute Gasteiger partial charge is 0.166 e. The van der Waals surface area contributed by atoms with Gasteiger partial charge in [0.05, 0.1) is 22.4 Å². The van der Waals surface area contributed by atoms with Crippen molar-refractivity contribution in [1.82, 2.24) is 29.1 Å². The summed E-state index contributed by atoms with van der Waals surface area (Å²) in [6, 6.07) is 45.7. The summed E-state index contributed by atoms with van der Waals surface area (Å²) in [5, 5.41) is 2.14. The Labute approximate surface area is 252 Å². The van der Waals surface area contributed by atoms with E-state index >= 15 is 0 Å². The third kappa shape index (κ3) is 3.75. The number of nitrogens with zero attached hydrogens (tertiary/aromatic N) is 6. The number of aromatic nitrogens is 6. The van der Waals surface area contributed by atoms with Crippen LogP contribution in [0.15, 0.2) is 146 Å². The van der Waals surface area contributed by atoms with E-state index in [1.54, 1.807) is 0 Å². The van der Waals surface area contributed by atoms with Crippen LogP contribution in [0.4, 0.5) is 0 Å². The molecule has 0 saturated heterocycles. The molecule has 0 amide bonds. The number of benzene rings is 4. The van der Waals surface area contributed by atoms with Gasteiger partial charge in [0, 0.05) is 45.7 Å². The van der Waals surface area contributed by atoms with Crippen LogP contribution in [0.5, 0.6) is 0 Å². The zero-order valence-electron chi connectivity index (χ0n) is 23.5.